The fourth-order valence-corrected chi connectivity index (χ4v) is 6.44. The first kappa shape index (κ1) is 19.8. The Labute approximate surface area is 206 Å². The van der Waals surface area contributed by atoms with Gasteiger partial charge in [-0.25, -0.2) is 8.96 Å². The number of hydrogen-bond donors (Lipinski definition) is 0. The average molecular weight is 466 g/mol. The van der Waals surface area contributed by atoms with Gasteiger partial charge in [0.2, 0.25) is 5.52 Å². The number of halogens is 1. The third-order valence-corrected chi connectivity index (χ3v) is 7.97. The minimum atomic E-state index is -0.165. The first-order valence-corrected chi connectivity index (χ1v) is 12.3. The first-order valence-electron chi connectivity index (χ1n) is 12.3. The van der Waals surface area contributed by atoms with E-state index >= 15 is 4.39 Å². The monoisotopic (exact) mass is 465 g/mol. The average Bonchev–Trinajstić information content (AvgIpc) is 3.27. The predicted molar refractivity (Wildman–Crippen MR) is 147 cm³/mol. The molecule has 3 heteroatoms. The number of aromatic nitrogens is 2. The van der Waals surface area contributed by atoms with Crippen LogP contribution >= 0.6 is 0 Å². The Bertz CT molecular complexity index is 2170. The molecule has 0 aliphatic carbocycles. The van der Waals surface area contributed by atoms with E-state index in [1.807, 2.05) is 30.3 Å². The van der Waals surface area contributed by atoms with E-state index in [1.165, 1.54) is 16.3 Å². The molecule has 0 radical (unpaired) electrons. The number of nitrogens with zero attached hydrogens (tertiary/aromatic N) is 2. The van der Waals surface area contributed by atoms with E-state index in [2.05, 4.69) is 89.8 Å². The van der Waals surface area contributed by atoms with Gasteiger partial charge in [0.15, 0.2) is 12.0 Å². The summed E-state index contributed by atoms with van der Waals surface area (Å²) in [5, 5.41) is 7.26. The van der Waals surface area contributed by atoms with Gasteiger partial charge in [-0.15, -0.1) is 0 Å². The Morgan fingerprint density at radius 2 is 1.39 bits per heavy atom. The van der Waals surface area contributed by atoms with E-state index in [4.69, 9.17) is 0 Å². The van der Waals surface area contributed by atoms with E-state index in [-0.39, 0.29) is 5.82 Å². The highest BCUT2D eigenvalue weighted by Crippen LogP contribution is 2.46. The normalized spacial score (nSPS) is 12.3. The molecule has 5 aromatic carbocycles. The molecular weight excluding hydrogens is 443 g/mol. The Morgan fingerprint density at radius 3 is 2.19 bits per heavy atom. The molecule has 0 aliphatic heterocycles. The Morgan fingerprint density at radius 1 is 0.694 bits per heavy atom. The number of hydrogen-bond acceptors (Lipinski definition) is 0. The highest BCUT2D eigenvalue weighted by molar-refractivity contribution is 6.31. The number of rotatable bonds is 1. The summed E-state index contributed by atoms with van der Waals surface area (Å²) in [5.74, 6) is -0.165. The zero-order valence-corrected chi connectivity index (χ0v) is 20.0. The van der Waals surface area contributed by atoms with E-state index in [0.717, 1.165) is 49.2 Å². The molecule has 0 saturated carbocycles. The fourth-order valence-electron chi connectivity index (χ4n) is 6.44. The summed E-state index contributed by atoms with van der Waals surface area (Å²) in [7, 11) is 2.07. The molecular formula is C33H22FN2+. The number of para-hydroxylation sites is 1. The van der Waals surface area contributed by atoms with Crippen molar-refractivity contribution < 1.29 is 8.96 Å². The van der Waals surface area contributed by atoms with Crippen molar-refractivity contribution in [2.75, 3.05) is 0 Å². The summed E-state index contributed by atoms with van der Waals surface area (Å²) >= 11 is 0. The topological polar surface area (TPSA) is 8.29 Å². The summed E-state index contributed by atoms with van der Waals surface area (Å²) < 4.78 is 21.0. The van der Waals surface area contributed by atoms with Crippen molar-refractivity contribution in [1.82, 2.24) is 4.40 Å². The van der Waals surface area contributed by atoms with E-state index in [9.17, 15) is 0 Å². The number of aryl methyl sites for hydroxylation is 2. The SMILES string of the molecule is Cc1c2ccccc2c(F)c2c1c1c3c(cc[n+]1C)cc(-c1ccccc1)c1c4ccccc4n2c13. The maximum absolute atomic E-state index is 16.7. The highest BCUT2D eigenvalue weighted by atomic mass is 19.1. The number of pyridine rings is 2. The Hall–Kier alpha value is -4.50. The largest absolute Gasteiger partial charge is 0.305 e. The van der Waals surface area contributed by atoms with Gasteiger partial charge in [0.25, 0.3) is 0 Å². The second-order valence-electron chi connectivity index (χ2n) is 9.81. The summed E-state index contributed by atoms with van der Waals surface area (Å²) in [5.41, 5.74) is 7.29. The molecule has 0 unspecified atom stereocenters. The molecule has 3 aromatic heterocycles. The second kappa shape index (κ2) is 6.79. The van der Waals surface area contributed by atoms with Gasteiger partial charge >= 0.3 is 0 Å². The van der Waals surface area contributed by atoms with E-state index < -0.39 is 0 Å². The van der Waals surface area contributed by atoms with Crippen LogP contribution in [0.2, 0.25) is 0 Å². The van der Waals surface area contributed by atoms with Crippen molar-refractivity contribution in [3.63, 3.8) is 0 Å². The Balaban J connectivity index is 1.81. The van der Waals surface area contributed by atoms with E-state index in [0.29, 0.717) is 10.9 Å². The van der Waals surface area contributed by atoms with Crippen LogP contribution in [0.5, 0.6) is 0 Å². The van der Waals surface area contributed by atoms with Gasteiger partial charge in [0.1, 0.15) is 7.05 Å². The molecule has 36 heavy (non-hydrogen) atoms. The van der Waals surface area contributed by atoms with Crippen LogP contribution in [-0.2, 0) is 7.05 Å². The van der Waals surface area contributed by atoms with Gasteiger partial charge in [0, 0.05) is 22.2 Å². The second-order valence-corrected chi connectivity index (χ2v) is 9.81. The molecule has 170 valence electrons. The fraction of sp³-hybridized carbons (Fsp3) is 0.0606. The van der Waals surface area contributed by atoms with Gasteiger partial charge in [-0.3, -0.25) is 0 Å². The molecule has 0 spiro atoms. The van der Waals surface area contributed by atoms with Crippen LogP contribution in [0.3, 0.4) is 0 Å². The zero-order chi connectivity index (χ0) is 24.1. The van der Waals surface area contributed by atoms with Crippen molar-refractivity contribution in [2.45, 2.75) is 6.92 Å². The van der Waals surface area contributed by atoms with Crippen molar-refractivity contribution in [3.8, 4) is 11.1 Å². The molecule has 0 N–H and O–H groups in total. The molecule has 0 atom stereocenters. The lowest BCUT2D eigenvalue weighted by Gasteiger charge is -2.16. The van der Waals surface area contributed by atoms with Gasteiger partial charge in [-0.2, -0.15) is 0 Å². The molecule has 0 saturated heterocycles. The summed E-state index contributed by atoms with van der Waals surface area (Å²) in [6, 6.07) is 31.3. The molecule has 0 bridgehead atoms. The molecule has 8 rings (SSSR count). The number of benzene rings is 5. The maximum atomic E-state index is 16.7. The quantitative estimate of drug-likeness (QED) is 0.132. The lowest BCUT2D eigenvalue weighted by Crippen LogP contribution is -2.29. The van der Waals surface area contributed by atoms with Crippen LogP contribution in [0.15, 0.2) is 97.2 Å². The van der Waals surface area contributed by atoms with Crippen LogP contribution in [0.1, 0.15) is 5.56 Å². The summed E-state index contributed by atoms with van der Waals surface area (Å²) in [6.07, 6.45) is 2.10. The van der Waals surface area contributed by atoms with Crippen LogP contribution in [0, 0.1) is 12.7 Å². The van der Waals surface area contributed by atoms with Crippen molar-refractivity contribution >= 4 is 59.8 Å². The molecule has 3 heterocycles. The van der Waals surface area contributed by atoms with Gasteiger partial charge in [-0.1, -0.05) is 72.8 Å². The van der Waals surface area contributed by atoms with Crippen LogP contribution < -0.4 is 4.57 Å². The summed E-state index contributed by atoms with van der Waals surface area (Å²) in [4.78, 5) is 0. The minimum Gasteiger partial charge on any atom is -0.305 e. The van der Waals surface area contributed by atoms with Crippen LogP contribution in [0.4, 0.5) is 4.39 Å². The first-order chi connectivity index (χ1) is 17.6. The van der Waals surface area contributed by atoms with E-state index in [1.54, 1.807) is 0 Å². The van der Waals surface area contributed by atoms with Gasteiger partial charge < -0.3 is 4.40 Å². The van der Waals surface area contributed by atoms with Crippen molar-refractivity contribution in [3.05, 3.63) is 109 Å². The van der Waals surface area contributed by atoms with Crippen LogP contribution in [0.25, 0.3) is 70.9 Å². The summed E-state index contributed by atoms with van der Waals surface area (Å²) in [6.45, 7) is 2.13. The maximum Gasteiger partial charge on any atom is 0.224 e. The minimum absolute atomic E-state index is 0.165. The highest BCUT2D eigenvalue weighted by Gasteiger charge is 2.28. The van der Waals surface area contributed by atoms with Gasteiger partial charge in [0.05, 0.1) is 27.3 Å². The van der Waals surface area contributed by atoms with Crippen molar-refractivity contribution in [2.24, 2.45) is 7.05 Å². The Kier molecular flexibility index (Phi) is 3.73. The lowest BCUT2D eigenvalue weighted by atomic mass is 9.92. The standard InChI is InChI=1S/C33H22FN2/c1-19-22-12-6-7-13-23(22)30(34)33-27(19)31-28-21(16-17-35(31)2)18-25(20-10-4-3-5-11-20)29-24-14-8-9-15-26(24)36(33)32(28)29/h3-18H,1-2H3/q+1. The molecule has 8 aromatic rings. The molecule has 0 aliphatic rings. The predicted octanol–water partition coefficient (Wildman–Crippen LogP) is 8.08. The third-order valence-electron chi connectivity index (χ3n) is 7.97. The zero-order valence-electron chi connectivity index (χ0n) is 20.0. The molecule has 2 nitrogen and oxygen atoms in total. The third kappa shape index (κ3) is 2.28. The molecule has 0 amide bonds. The van der Waals surface area contributed by atoms with Gasteiger partial charge in [-0.05, 0) is 46.5 Å². The molecule has 0 fully saturated rings. The van der Waals surface area contributed by atoms with Crippen LogP contribution in [-0.4, -0.2) is 4.40 Å². The van der Waals surface area contributed by atoms with Crippen molar-refractivity contribution in [1.29, 1.82) is 0 Å². The lowest BCUT2D eigenvalue weighted by molar-refractivity contribution is -0.643. The smallest absolute Gasteiger partial charge is 0.224 e. The number of fused-ring (bicyclic) bond motifs is 7.